The third-order valence-electron chi connectivity index (χ3n) is 5.46. The monoisotopic (exact) mass is 427 g/mol. The summed E-state index contributed by atoms with van der Waals surface area (Å²) in [6, 6.07) is 17.0. The van der Waals surface area contributed by atoms with E-state index < -0.39 is 37.1 Å². The van der Waals surface area contributed by atoms with E-state index in [1.54, 1.807) is 11.7 Å². The zero-order valence-electron chi connectivity index (χ0n) is 16.9. The molecule has 0 radical (unpaired) electrons. The van der Waals surface area contributed by atoms with Crippen molar-refractivity contribution in [1.29, 1.82) is 0 Å². The first kappa shape index (κ1) is 21.4. The second kappa shape index (κ2) is 9.13. The van der Waals surface area contributed by atoms with Crippen molar-refractivity contribution in [3.63, 3.8) is 0 Å². The van der Waals surface area contributed by atoms with Crippen LogP contribution in [0.3, 0.4) is 0 Å². The highest BCUT2D eigenvalue weighted by Crippen LogP contribution is 2.34. The van der Waals surface area contributed by atoms with Gasteiger partial charge < -0.3 is 34.5 Å². The summed E-state index contributed by atoms with van der Waals surface area (Å²) in [4.78, 5) is 0. The molecule has 2 heterocycles. The number of aromatic nitrogens is 3. The van der Waals surface area contributed by atoms with Crippen LogP contribution in [-0.2, 0) is 11.3 Å². The molecule has 0 bridgehead atoms. The summed E-state index contributed by atoms with van der Waals surface area (Å²) < 4.78 is 12.7. The Morgan fingerprint density at radius 1 is 0.935 bits per heavy atom. The fraction of sp³-hybridized carbons (Fsp3) is 0.364. The maximum atomic E-state index is 10.6. The highest BCUT2D eigenvalue weighted by molar-refractivity contribution is 5.57. The first-order valence-electron chi connectivity index (χ1n) is 9.95. The van der Waals surface area contributed by atoms with Gasteiger partial charge in [-0.1, -0.05) is 30.3 Å². The molecule has 0 amide bonds. The Bertz CT molecular complexity index is 992. The average Bonchev–Trinajstić information content (AvgIpc) is 3.21. The molecule has 1 aliphatic rings. The molecule has 4 rings (SSSR count). The van der Waals surface area contributed by atoms with E-state index in [1.165, 1.54) is 0 Å². The van der Waals surface area contributed by atoms with E-state index in [0.717, 1.165) is 11.1 Å². The number of methoxy groups -OCH3 is 1. The van der Waals surface area contributed by atoms with Crippen LogP contribution in [0.2, 0.25) is 0 Å². The van der Waals surface area contributed by atoms with Crippen LogP contribution in [0.1, 0.15) is 17.5 Å². The van der Waals surface area contributed by atoms with Crippen LogP contribution in [0.25, 0.3) is 11.4 Å². The minimum Gasteiger partial charge on any atom is -0.497 e. The zero-order chi connectivity index (χ0) is 22.0. The highest BCUT2D eigenvalue weighted by atomic mass is 16.5. The summed E-state index contributed by atoms with van der Waals surface area (Å²) >= 11 is 0. The van der Waals surface area contributed by atoms with Gasteiger partial charge >= 0.3 is 0 Å². The molecule has 2 aromatic carbocycles. The van der Waals surface area contributed by atoms with Crippen molar-refractivity contribution in [3.8, 4) is 17.1 Å². The lowest BCUT2D eigenvalue weighted by atomic mass is 9.94. The maximum absolute atomic E-state index is 10.6. The van der Waals surface area contributed by atoms with E-state index in [0.29, 0.717) is 18.1 Å². The molecular formula is C22H25N3O6. The quantitative estimate of drug-likeness (QED) is 0.448. The van der Waals surface area contributed by atoms with Crippen molar-refractivity contribution in [2.45, 2.75) is 37.1 Å². The molecule has 1 fully saturated rings. The second-order valence-electron chi connectivity index (χ2n) is 7.43. The third-order valence-corrected chi connectivity index (χ3v) is 5.46. The Hall–Kier alpha value is -2.82. The van der Waals surface area contributed by atoms with Crippen molar-refractivity contribution >= 4 is 0 Å². The fourth-order valence-corrected chi connectivity index (χ4v) is 3.72. The zero-order valence-corrected chi connectivity index (χ0v) is 16.9. The number of nitrogens with zero attached hydrogens (tertiary/aromatic N) is 3. The number of hydrogen-bond acceptors (Lipinski definition) is 8. The lowest BCUT2D eigenvalue weighted by Crippen LogP contribution is -2.55. The van der Waals surface area contributed by atoms with Crippen LogP contribution < -0.4 is 4.74 Å². The van der Waals surface area contributed by atoms with Crippen LogP contribution in [0.5, 0.6) is 5.75 Å². The number of aliphatic hydroxyl groups excluding tert-OH is 4. The summed E-state index contributed by atoms with van der Waals surface area (Å²) in [5.74, 6) is 1.53. The maximum Gasteiger partial charge on any atom is 0.165 e. The standard InChI is InChI=1S/C22H25N3O6/c1-30-15-9-7-14(8-10-15)21-23-24-22(25(21)11-13-5-3-2-4-6-13)20-19(29)18(28)17(27)16(12-26)31-20/h2-10,16-20,26-29H,11-12H2,1H3/t16-,17-,18+,19-,20-/m1/s1. The van der Waals surface area contributed by atoms with Gasteiger partial charge in [-0.25, -0.2) is 0 Å². The van der Waals surface area contributed by atoms with Gasteiger partial charge in [-0.3, -0.25) is 0 Å². The van der Waals surface area contributed by atoms with Gasteiger partial charge in [-0.2, -0.15) is 0 Å². The van der Waals surface area contributed by atoms with Crippen molar-refractivity contribution in [2.24, 2.45) is 0 Å². The molecule has 0 saturated carbocycles. The predicted octanol–water partition coefficient (Wildman–Crippen LogP) is 0.517. The molecule has 164 valence electrons. The molecule has 1 aromatic heterocycles. The van der Waals surface area contributed by atoms with Crippen LogP contribution >= 0.6 is 0 Å². The minimum atomic E-state index is -1.50. The van der Waals surface area contributed by atoms with Crippen LogP contribution in [0.4, 0.5) is 0 Å². The summed E-state index contributed by atoms with van der Waals surface area (Å²) in [5, 5.41) is 49.0. The van der Waals surface area contributed by atoms with E-state index in [1.807, 2.05) is 54.6 Å². The van der Waals surface area contributed by atoms with E-state index in [2.05, 4.69) is 10.2 Å². The van der Waals surface area contributed by atoms with Crippen molar-refractivity contribution in [3.05, 3.63) is 66.0 Å². The molecule has 3 aromatic rings. The molecular weight excluding hydrogens is 402 g/mol. The Balaban J connectivity index is 1.77. The number of benzene rings is 2. The molecule has 0 unspecified atom stereocenters. The molecule has 31 heavy (non-hydrogen) atoms. The third kappa shape index (κ3) is 4.18. The average molecular weight is 427 g/mol. The molecule has 5 atom stereocenters. The van der Waals surface area contributed by atoms with E-state index in [9.17, 15) is 20.4 Å². The van der Waals surface area contributed by atoms with Gasteiger partial charge in [-0.15, -0.1) is 10.2 Å². The minimum absolute atomic E-state index is 0.284. The molecule has 0 spiro atoms. The van der Waals surface area contributed by atoms with Gasteiger partial charge in [0.05, 0.1) is 20.3 Å². The Labute approximate surface area is 179 Å². The summed E-state index contributed by atoms with van der Waals surface area (Å²) in [5.41, 5.74) is 1.75. The van der Waals surface area contributed by atoms with Crippen LogP contribution in [-0.4, -0.2) is 73.3 Å². The largest absolute Gasteiger partial charge is 0.497 e. The van der Waals surface area contributed by atoms with Gasteiger partial charge in [-0.05, 0) is 29.8 Å². The molecule has 9 nitrogen and oxygen atoms in total. The summed E-state index contributed by atoms with van der Waals surface area (Å²) in [7, 11) is 1.59. The van der Waals surface area contributed by atoms with Crippen LogP contribution in [0, 0.1) is 0 Å². The lowest BCUT2D eigenvalue weighted by molar-refractivity contribution is -0.234. The molecule has 9 heteroatoms. The SMILES string of the molecule is COc1ccc(-c2nnc([C@@H]3O[C@H](CO)[C@@H](O)[C@H](O)[C@H]3O)n2Cc2ccccc2)cc1. The number of hydrogen-bond donors (Lipinski definition) is 4. The smallest absolute Gasteiger partial charge is 0.165 e. The van der Waals surface area contributed by atoms with Crippen LogP contribution in [0.15, 0.2) is 54.6 Å². The predicted molar refractivity (Wildman–Crippen MR) is 110 cm³/mol. The van der Waals surface area contributed by atoms with Crippen molar-refractivity contribution in [2.75, 3.05) is 13.7 Å². The number of rotatable bonds is 6. The molecule has 1 aliphatic heterocycles. The lowest BCUT2D eigenvalue weighted by Gasteiger charge is -2.39. The molecule has 1 saturated heterocycles. The van der Waals surface area contributed by atoms with E-state index in [4.69, 9.17) is 9.47 Å². The van der Waals surface area contributed by atoms with Gasteiger partial charge in [0.2, 0.25) is 0 Å². The van der Waals surface area contributed by atoms with E-state index >= 15 is 0 Å². The summed E-state index contributed by atoms with van der Waals surface area (Å²) in [6.07, 6.45) is -6.50. The van der Waals surface area contributed by atoms with Crippen molar-refractivity contribution in [1.82, 2.24) is 14.8 Å². The van der Waals surface area contributed by atoms with Gasteiger partial charge in [0, 0.05) is 5.56 Å². The van der Waals surface area contributed by atoms with Gasteiger partial charge in [0.1, 0.15) is 36.3 Å². The topological polar surface area (TPSA) is 130 Å². The number of aliphatic hydroxyl groups is 4. The normalized spacial score (nSPS) is 26.0. The highest BCUT2D eigenvalue weighted by Gasteiger charge is 2.46. The first-order valence-corrected chi connectivity index (χ1v) is 9.95. The summed E-state index contributed by atoms with van der Waals surface area (Å²) in [6.45, 7) is -0.126. The fourth-order valence-electron chi connectivity index (χ4n) is 3.72. The molecule has 0 aliphatic carbocycles. The van der Waals surface area contributed by atoms with E-state index in [-0.39, 0.29) is 5.82 Å². The first-order chi connectivity index (χ1) is 15.0. The van der Waals surface area contributed by atoms with Gasteiger partial charge in [0.15, 0.2) is 11.6 Å². The second-order valence-corrected chi connectivity index (χ2v) is 7.43. The molecule has 4 N–H and O–H groups in total. The van der Waals surface area contributed by atoms with Gasteiger partial charge in [0.25, 0.3) is 0 Å². The Morgan fingerprint density at radius 3 is 2.29 bits per heavy atom. The Kier molecular flexibility index (Phi) is 6.30. The Morgan fingerprint density at radius 2 is 1.65 bits per heavy atom. The van der Waals surface area contributed by atoms with Crippen molar-refractivity contribution < 1.29 is 29.9 Å². The number of ether oxygens (including phenoxy) is 2.